The third-order valence-electron chi connectivity index (χ3n) is 4.54. The van der Waals surface area contributed by atoms with Crippen LogP contribution < -0.4 is 0 Å². The number of para-hydroxylation sites is 1. The minimum absolute atomic E-state index is 0.0128. The van der Waals surface area contributed by atoms with E-state index >= 15 is 0 Å². The molecule has 4 rings (SSSR count). The van der Waals surface area contributed by atoms with Gasteiger partial charge >= 0.3 is 0 Å². The smallest absolute Gasteiger partial charge is 0.255 e. The van der Waals surface area contributed by atoms with Crippen molar-refractivity contribution in [2.45, 2.75) is 6.04 Å². The Morgan fingerprint density at radius 1 is 1.08 bits per heavy atom. The van der Waals surface area contributed by atoms with E-state index in [2.05, 4.69) is 39.1 Å². The standard InChI is InChI=1S/C21H17BrN2OS/c1-24(21(25)15-8-2-4-9-17(15)22)20(19-11-6-12-26-19)16-13-23-18-10-5-3-7-14(16)18/h2-13,20,23H,1H3. The number of hydrogen-bond donors (Lipinski definition) is 1. The fourth-order valence-electron chi connectivity index (χ4n) is 3.26. The van der Waals surface area contributed by atoms with Crippen LogP contribution in [0.15, 0.2) is 76.7 Å². The Morgan fingerprint density at radius 3 is 2.62 bits per heavy atom. The molecule has 0 bridgehead atoms. The van der Waals surface area contributed by atoms with Gasteiger partial charge in [-0.2, -0.15) is 0 Å². The number of halogens is 1. The highest BCUT2D eigenvalue weighted by molar-refractivity contribution is 9.10. The lowest BCUT2D eigenvalue weighted by molar-refractivity contribution is 0.0757. The summed E-state index contributed by atoms with van der Waals surface area (Å²) in [7, 11) is 1.87. The quantitative estimate of drug-likeness (QED) is 0.437. The van der Waals surface area contributed by atoms with Gasteiger partial charge in [0.25, 0.3) is 5.91 Å². The molecule has 1 unspecified atom stereocenters. The molecular formula is C21H17BrN2OS. The molecule has 130 valence electrons. The van der Waals surface area contributed by atoms with Crippen LogP contribution in [0.1, 0.15) is 26.8 Å². The number of H-pyrrole nitrogens is 1. The van der Waals surface area contributed by atoms with Crippen LogP contribution in [0.4, 0.5) is 0 Å². The Hall–Kier alpha value is -2.37. The number of amides is 1. The highest BCUT2D eigenvalue weighted by Gasteiger charge is 2.28. The number of aromatic nitrogens is 1. The van der Waals surface area contributed by atoms with Crippen molar-refractivity contribution in [2.75, 3.05) is 7.05 Å². The van der Waals surface area contributed by atoms with Crippen LogP contribution in [0, 0.1) is 0 Å². The summed E-state index contributed by atoms with van der Waals surface area (Å²) >= 11 is 5.16. The van der Waals surface area contributed by atoms with E-state index in [1.807, 2.05) is 66.0 Å². The van der Waals surface area contributed by atoms with Crippen LogP contribution in [0.3, 0.4) is 0 Å². The zero-order valence-electron chi connectivity index (χ0n) is 14.1. The van der Waals surface area contributed by atoms with Crippen LogP contribution in [0.25, 0.3) is 10.9 Å². The Labute approximate surface area is 164 Å². The van der Waals surface area contributed by atoms with Gasteiger partial charge in [-0.15, -0.1) is 11.3 Å². The van der Waals surface area contributed by atoms with Crippen LogP contribution in [-0.2, 0) is 0 Å². The molecule has 2 heterocycles. The van der Waals surface area contributed by atoms with E-state index in [-0.39, 0.29) is 11.9 Å². The predicted octanol–water partition coefficient (Wildman–Crippen LogP) is 5.85. The molecule has 0 saturated heterocycles. The summed E-state index contributed by atoms with van der Waals surface area (Å²) in [5.41, 5.74) is 2.84. The number of thiophene rings is 1. The van der Waals surface area contributed by atoms with Gasteiger partial charge in [-0.05, 0) is 45.6 Å². The van der Waals surface area contributed by atoms with E-state index < -0.39 is 0 Å². The molecule has 0 fully saturated rings. The average Bonchev–Trinajstić information content (AvgIpc) is 3.33. The first-order chi connectivity index (χ1) is 12.7. The molecule has 3 nitrogen and oxygen atoms in total. The second-order valence-electron chi connectivity index (χ2n) is 6.10. The molecule has 0 aliphatic rings. The van der Waals surface area contributed by atoms with E-state index in [0.29, 0.717) is 5.56 Å². The second kappa shape index (κ2) is 7.09. The van der Waals surface area contributed by atoms with E-state index in [4.69, 9.17) is 0 Å². The number of nitrogens with one attached hydrogen (secondary N) is 1. The first-order valence-electron chi connectivity index (χ1n) is 8.28. The summed E-state index contributed by atoms with van der Waals surface area (Å²) in [6, 6.07) is 19.7. The molecule has 26 heavy (non-hydrogen) atoms. The normalized spacial score (nSPS) is 12.2. The number of benzene rings is 2. The third-order valence-corrected chi connectivity index (χ3v) is 6.16. The fourth-order valence-corrected chi connectivity index (χ4v) is 4.60. The van der Waals surface area contributed by atoms with Gasteiger partial charge in [0.15, 0.2) is 0 Å². The molecule has 0 saturated carbocycles. The predicted molar refractivity (Wildman–Crippen MR) is 111 cm³/mol. The average molecular weight is 425 g/mol. The van der Waals surface area contributed by atoms with Crippen molar-refractivity contribution < 1.29 is 4.79 Å². The summed E-state index contributed by atoms with van der Waals surface area (Å²) in [6.45, 7) is 0. The van der Waals surface area contributed by atoms with Gasteiger partial charge in [0.1, 0.15) is 0 Å². The molecule has 2 aromatic carbocycles. The summed E-state index contributed by atoms with van der Waals surface area (Å²) in [5, 5.41) is 3.19. The Kier molecular flexibility index (Phi) is 4.66. The zero-order chi connectivity index (χ0) is 18.1. The first kappa shape index (κ1) is 17.1. The summed E-state index contributed by atoms with van der Waals surface area (Å²) in [5.74, 6) is -0.0128. The summed E-state index contributed by atoms with van der Waals surface area (Å²) < 4.78 is 0.806. The maximum atomic E-state index is 13.2. The number of fused-ring (bicyclic) bond motifs is 1. The summed E-state index contributed by atoms with van der Waals surface area (Å²) in [6.07, 6.45) is 2.01. The van der Waals surface area contributed by atoms with E-state index in [0.717, 1.165) is 25.8 Å². The minimum Gasteiger partial charge on any atom is -0.361 e. The van der Waals surface area contributed by atoms with Crippen LogP contribution in [0.2, 0.25) is 0 Å². The van der Waals surface area contributed by atoms with Crippen molar-refractivity contribution in [3.8, 4) is 0 Å². The number of carbonyl (C=O) groups is 1. The molecule has 1 amide bonds. The lowest BCUT2D eigenvalue weighted by Gasteiger charge is -2.28. The SMILES string of the molecule is CN(C(=O)c1ccccc1Br)C(c1cccs1)c1c[nH]c2ccccc12. The molecule has 0 aliphatic carbocycles. The van der Waals surface area contributed by atoms with E-state index in [1.165, 1.54) is 0 Å². The Bertz CT molecular complexity index is 1050. The maximum Gasteiger partial charge on any atom is 0.255 e. The molecule has 2 aromatic heterocycles. The van der Waals surface area contributed by atoms with Crippen LogP contribution in [-0.4, -0.2) is 22.8 Å². The number of nitrogens with zero attached hydrogens (tertiary/aromatic N) is 1. The first-order valence-corrected chi connectivity index (χ1v) is 9.95. The Morgan fingerprint density at radius 2 is 1.85 bits per heavy atom. The second-order valence-corrected chi connectivity index (χ2v) is 7.94. The molecule has 1 N–H and O–H groups in total. The van der Waals surface area contributed by atoms with Crippen molar-refractivity contribution in [2.24, 2.45) is 0 Å². The Balaban J connectivity index is 1.82. The van der Waals surface area contributed by atoms with Crippen molar-refractivity contribution in [1.82, 2.24) is 9.88 Å². The van der Waals surface area contributed by atoms with Gasteiger partial charge < -0.3 is 9.88 Å². The molecule has 0 aliphatic heterocycles. The van der Waals surface area contributed by atoms with Crippen molar-refractivity contribution in [1.29, 1.82) is 0 Å². The number of rotatable bonds is 4. The van der Waals surface area contributed by atoms with Gasteiger partial charge in [0.2, 0.25) is 0 Å². The lowest BCUT2D eigenvalue weighted by Crippen LogP contribution is -2.31. The largest absolute Gasteiger partial charge is 0.361 e. The van der Waals surface area contributed by atoms with E-state index in [1.54, 1.807) is 11.3 Å². The van der Waals surface area contributed by atoms with Crippen LogP contribution in [0.5, 0.6) is 0 Å². The highest BCUT2D eigenvalue weighted by Crippen LogP contribution is 2.36. The van der Waals surface area contributed by atoms with Crippen molar-refractivity contribution in [3.63, 3.8) is 0 Å². The van der Waals surface area contributed by atoms with Gasteiger partial charge in [0.05, 0.1) is 11.6 Å². The molecule has 0 radical (unpaired) electrons. The molecule has 5 heteroatoms. The minimum atomic E-state index is -0.147. The van der Waals surface area contributed by atoms with Gasteiger partial charge in [0, 0.05) is 39.1 Å². The summed E-state index contributed by atoms with van der Waals surface area (Å²) in [4.78, 5) is 19.5. The third kappa shape index (κ3) is 2.97. The molecule has 1 atom stereocenters. The zero-order valence-corrected chi connectivity index (χ0v) is 16.5. The van der Waals surface area contributed by atoms with Crippen LogP contribution >= 0.6 is 27.3 Å². The monoisotopic (exact) mass is 424 g/mol. The number of carbonyl (C=O) groups excluding carboxylic acids is 1. The highest BCUT2D eigenvalue weighted by atomic mass is 79.9. The van der Waals surface area contributed by atoms with Gasteiger partial charge in [-0.25, -0.2) is 0 Å². The number of aromatic amines is 1. The fraction of sp³-hybridized carbons (Fsp3) is 0.0952. The molecule has 0 spiro atoms. The van der Waals surface area contributed by atoms with Gasteiger partial charge in [-0.3, -0.25) is 4.79 Å². The van der Waals surface area contributed by atoms with Crippen molar-refractivity contribution in [3.05, 3.63) is 92.7 Å². The topological polar surface area (TPSA) is 36.1 Å². The van der Waals surface area contributed by atoms with E-state index in [9.17, 15) is 4.79 Å². The lowest BCUT2D eigenvalue weighted by atomic mass is 10.0. The van der Waals surface area contributed by atoms with Gasteiger partial charge in [-0.1, -0.05) is 36.4 Å². The molecule has 4 aromatic rings. The maximum absolute atomic E-state index is 13.2. The van der Waals surface area contributed by atoms with Crippen molar-refractivity contribution >= 4 is 44.1 Å². The molecular weight excluding hydrogens is 408 g/mol. The number of hydrogen-bond acceptors (Lipinski definition) is 2.